The molecule has 2 aromatic rings. The molecule has 2 amide bonds. The predicted octanol–water partition coefficient (Wildman–Crippen LogP) is 2.22. The first-order valence-electron chi connectivity index (χ1n) is 8.34. The summed E-state index contributed by atoms with van der Waals surface area (Å²) in [6.45, 7) is 2.99. The molecule has 0 radical (unpaired) electrons. The van der Waals surface area contributed by atoms with Crippen molar-refractivity contribution in [3.63, 3.8) is 0 Å². The Morgan fingerprint density at radius 3 is 2.33 bits per heavy atom. The second kappa shape index (κ2) is 9.38. The van der Waals surface area contributed by atoms with E-state index in [4.69, 9.17) is 9.47 Å². The monoisotopic (exact) mass is 370 g/mol. The molecule has 0 bridgehead atoms. The highest BCUT2D eigenvalue weighted by Gasteiger charge is 2.12. The number of rotatable bonds is 7. The number of amides is 2. The Hall–Kier alpha value is -3.35. The molecule has 142 valence electrons. The van der Waals surface area contributed by atoms with Crippen molar-refractivity contribution in [3.05, 3.63) is 59.2 Å². The van der Waals surface area contributed by atoms with Gasteiger partial charge in [0, 0.05) is 11.3 Å². The van der Waals surface area contributed by atoms with E-state index in [9.17, 15) is 14.4 Å². The van der Waals surface area contributed by atoms with Crippen LogP contribution in [0.25, 0.3) is 0 Å². The molecule has 2 N–H and O–H groups in total. The first kappa shape index (κ1) is 20.0. The van der Waals surface area contributed by atoms with Gasteiger partial charge in [0.1, 0.15) is 12.3 Å². The van der Waals surface area contributed by atoms with Gasteiger partial charge in [0.2, 0.25) is 0 Å². The molecule has 0 atom stereocenters. The Morgan fingerprint density at radius 1 is 1.00 bits per heavy atom. The van der Waals surface area contributed by atoms with Gasteiger partial charge >= 0.3 is 5.97 Å². The maximum absolute atomic E-state index is 12.0. The zero-order valence-corrected chi connectivity index (χ0v) is 15.5. The summed E-state index contributed by atoms with van der Waals surface area (Å²) in [7, 11) is 1.50. The average molecular weight is 370 g/mol. The van der Waals surface area contributed by atoms with E-state index in [0.29, 0.717) is 17.0 Å². The zero-order chi connectivity index (χ0) is 19.8. The van der Waals surface area contributed by atoms with Crippen molar-refractivity contribution in [1.29, 1.82) is 0 Å². The Morgan fingerprint density at radius 2 is 1.67 bits per heavy atom. The van der Waals surface area contributed by atoms with E-state index in [0.717, 1.165) is 11.1 Å². The minimum absolute atomic E-state index is 0.341. The third kappa shape index (κ3) is 5.85. The Balaban J connectivity index is 1.78. The van der Waals surface area contributed by atoms with Gasteiger partial charge in [0.15, 0.2) is 6.61 Å². The third-order valence-corrected chi connectivity index (χ3v) is 3.84. The minimum atomic E-state index is -0.706. The van der Waals surface area contributed by atoms with Gasteiger partial charge in [-0.2, -0.15) is 0 Å². The lowest BCUT2D eigenvalue weighted by Gasteiger charge is -2.12. The lowest BCUT2D eigenvalue weighted by atomic mass is 10.1. The van der Waals surface area contributed by atoms with Gasteiger partial charge in [-0.25, -0.2) is 0 Å². The molecule has 0 fully saturated rings. The smallest absolute Gasteiger partial charge is 0.325 e. The second-order valence-corrected chi connectivity index (χ2v) is 5.89. The number of carbonyl (C=O) groups excluding carboxylic acids is 3. The summed E-state index contributed by atoms with van der Waals surface area (Å²) in [5.41, 5.74) is 2.89. The van der Waals surface area contributed by atoms with Crippen LogP contribution in [-0.4, -0.2) is 38.0 Å². The molecule has 7 heteroatoms. The lowest BCUT2D eigenvalue weighted by Crippen LogP contribution is -2.32. The SMILES string of the molecule is COc1cccc(C(=O)NCC(=O)OCC(=O)Nc2c(C)cccc2C)c1. The molecule has 0 saturated heterocycles. The highest BCUT2D eigenvalue weighted by Crippen LogP contribution is 2.19. The van der Waals surface area contributed by atoms with Gasteiger partial charge in [-0.05, 0) is 43.2 Å². The summed E-state index contributed by atoms with van der Waals surface area (Å²) >= 11 is 0. The van der Waals surface area contributed by atoms with Crippen LogP contribution in [0.1, 0.15) is 21.5 Å². The van der Waals surface area contributed by atoms with Crippen LogP contribution >= 0.6 is 0 Å². The molecule has 2 rings (SSSR count). The second-order valence-electron chi connectivity index (χ2n) is 5.89. The molecule has 2 aromatic carbocycles. The number of aryl methyl sites for hydroxylation is 2. The molecule has 0 aliphatic carbocycles. The summed E-state index contributed by atoms with van der Waals surface area (Å²) in [5, 5.41) is 5.16. The number of hydrogen-bond acceptors (Lipinski definition) is 5. The molecule has 7 nitrogen and oxygen atoms in total. The summed E-state index contributed by atoms with van der Waals surface area (Å²) in [5.74, 6) is -1.05. The molecular formula is C20H22N2O5. The molecule has 0 spiro atoms. The van der Waals surface area contributed by atoms with Gasteiger partial charge in [0.05, 0.1) is 7.11 Å². The van der Waals surface area contributed by atoms with Gasteiger partial charge in [-0.15, -0.1) is 0 Å². The molecule has 0 heterocycles. The lowest BCUT2D eigenvalue weighted by molar-refractivity contribution is -0.146. The number of esters is 1. The van der Waals surface area contributed by atoms with Crippen molar-refractivity contribution in [2.24, 2.45) is 0 Å². The highest BCUT2D eigenvalue weighted by molar-refractivity contribution is 5.97. The Labute approximate surface area is 157 Å². The number of methoxy groups -OCH3 is 1. The van der Waals surface area contributed by atoms with Gasteiger partial charge in [-0.1, -0.05) is 24.3 Å². The van der Waals surface area contributed by atoms with E-state index in [1.54, 1.807) is 24.3 Å². The van der Waals surface area contributed by atoms with Crippen LogP contribution < -0.4 is 15.4 Å². The van der Waals surface area contributed by atoms with Crippen molar-refractivity contribution in [1.82, 2.24) is 5.32 Å². The number of hydrogen-bond donors (Lipinski definition) is 2. The zero-order valence-electron chi connectivity index (χ0n) is 15.5. The number of para-hydroxylation sites is 1. The van der Waals surface area contributed by atoms with E-state index in [-0.39, 0.29) is 6.54 Å². The van der Waals surface area contributed by atoms with E-state index >= 15 is 0 Å². The van der Waals surface area contributed by atoms with Gasteiger partial charge in [0.25, 0.3) is 11.8 Å². The third-order valence-electron chi connectivity index (χ3n) is 3.84. The van der Waals surface area contributed by atoms with Gasteiger partial charge in [-0.3, -0.25) is 14.4 Å². The van der Waals surface area contributed by atoms with Crippen LogP contribution in [0.15, 0.2) is 42.5 Å². The highest BCUT2D eigenvalue weighted by atomic mass is 16.5. The normalized spacial score (nSPS) is 10.0. The fraction of sp³-hybridized carbons (Fsp3) is 0.250. The van der Waals surface area contributed by atoms with Crippen molar-refractivity contribution < 1.29 is 23.9 Å². The number of benzene rings is 2. The van der Waals surface area contributed by atoms with Crippen molar-refractivity contribution in [2.75, 3.05) is 25.6 Å². The first-order chi connectivity index (χ1) is 12.9. The number of anilines is 1. The summed E-state index contributed by atoms with van der Waals surface area (Å²) in [4.78, 5) is 35.7. The fourth-order valence-electron chi connectivity index (χ4n) is 2.40. The molecule has 0 aliphatic heterocycles. The molecule has 0 unspecified atom stereocenters. The van der Waals surface area contributed by atoms with Crippen LogP contribution in [-0.2, 0) is 14.3 Å². The average Bonchev–Trinajstić information content (AvgIpc) is 2.67. The Bertz CT molecular complexity index is 828. The standard InChI is InChI=1S/C20H22N2O5/c1-13-6-4-7-14(2)19(13)22-17(23)12-27-18(24)11-21-20(25)15-8-5-9-16(10-15)26-3/h4-10H,11-12H2,1-3H3,(H,21,25)(H,22,23). The minimum Gasteiger partial charge on any atom is -0.497 e. The molecule has 27 heavy (non-hydrogen) atoms. The topological polar surface area (TPSA) is 93.7 Å². The molecule has 0 aliphatic rings. The van der Waals surface area contributed by atoms with Crippen LogP contribution in [0.2, 0.25) is 0 Å². The summed E-state index contributed by atoms with van der Waals surface area (Å²) < 4.78 is 9.94. The van der Waals surface area contributed by atoms with Crippen LogP contribution in [0.4, 0.5) is 5.69 Å². The van der Waals surface area contributed by atoms with Crippen LogP contribution in [0, 0.1) is 13.8 Å². The predicted molar refractivity (Wildman–Crippen MR) is 101 cm³/mol. The van der Waals surface area contributed by atoms with Crippen molar-refractivity contribution >= 4 is 23.5 Å². The number of ether oxygens (including phenoxy) is 2. The quantitative estimate of drug-likeness (QED) is 0.729. The number of carbonyl (C=O) groups is 3. The summed E-state index contributed by atoms with van der Waals surface area (Å²) in [6.07, 6.45) is 0. The van der Waals surface area contributed by atoms with Crippen LogP contribution in [0.3, 0.4) is 0 Å². The van der Waals surface area contributed by atoms with E-state index < -0.39 is 24.4 Å². The van der Waals surface area contributed by atoms with E-state index in [1.165, 1.54) is 7.11 Å². The molecular weight excluding hydrogens is 348 g/mol. The maximum atomic E-state index is 12.0. The largest absolute Gasteiger partial charge is 0.497 e. The molecule has 0 saturated carbocycles. The Kier molecular flexibility index (Phi) is 6.93. The summed E-state index contributed by atoms with van der Waals surface area (Å²) in [6, 6.07) is 12.2. The van der Waals surface area contributed by atoms with Gasteiger partial charge < -0.3 is 20.1 Å². The molecule has 0 aromatic heterocycles. The maximum Gasteiger partial charge on any atom is 0.325 e. The van der Waals surface area contributed by atoms with Crippen molar-refractivity contribution in [2.45, 2.75) is 13.8 Å². The first-order valence-corrected chi connectivity index (χ1v) is 8.34. The number of nitrogens with one attached hydrogen (secondary N) is 2. The van der Waals surface area contributed by atoms with E-state index in [1.807, 2.05) is 32.0 Å². The van der Waals surface area contributed by atoms with Crippen molar-refractivity contribution in [3.8, 4) is 5.75 Å². The fourth-order valence-corrected chi connectivity index (χ4v) is 2.40. The van der Waals surface area contributed by atoms with E-state index in [2.05, 4.69) is 10.6 Å². The van der Waals surface area contributed by atoms with Crippen LogP contribution in [0.5, 0.6) is 5.75 Å².